The lowest BCUT2D eigenvalue weighted by atomic mass is 10.1. The highest BCUT2D eigenvalue weighted by molar-refractivity contribution is 5.93. The Balaban J connectivity index is 1.06. The third kappa shape index (κ3) is 14.2. The third-order valence-corrected chi connectivity index (χ3v) is 17.4. The summed E-state index contributed by atoms with van der Waals surface area (Å²) in [6.07, 6.45) is 0. The van der Waals surface area contributed by atoms with Crippen molar-refractivity contribution in [2.24, 2.45) is 0 Å². The largest absolute Gasteiger partial charge is 0.497 e. The van der Waals surface area contributed by atoms with Crippen molar-refractivity contribution >= 4 is 102 Å². The van der Waals surface area contributed by atoms with Gasteiger partial charge in [0, 0.05) is 68.2 Å². The van der Waals surface area contributed by atoms with E-state index in [0.29, 0.717) is 136 Å². The minimum atomic E-state index is 0.463. The molecular formula is C88H56N14O2. The van der Waals surface area contributed by atoms with Crippen LogP contribution in [0.1, 0.15) is 44.5 Å². The van der Waals surface area contributed by atoms with Crippen molar-refractivity contribution in [3.05, 3.63) is 348 Å². The van der Waals surface area contributed by atoms with Gasteiger partial charge in [-0.3, -0.25) is 0 Å². The minimum Gasteiger partial charge on any atom is -0.497 e. The molecule has 0 saturated heterocycles. The first-order valence-electron chi connectivity index (χ1n) is 32.5. The van der Waals surface area contributed by atoms with E-state index in [-0.39, 0.29) is 0 Å². The fraction of sp³-hybridized carbons (Fsp3) is 0.0227. The number of anilines is 18. The smallest absolute Gasteiger partial charge is 0.119 e. The predicted molar refractivity (Wildman–Crippen MR) is 405 cm³/mol. The van der Waals surface area contributed by atoms with Gasteiger partial charge in [0.2, 0.25) is 0 Å². The lowest BCUT2D eigenvalue weighted by Gasteiger charge is -2.34. The van der Waals surface area contributed by atoms with Gasteiger partial charge in [-0.15, -0.1) is 0 Å². The van der Waals surface area contributed by atoms with Crippen LogP contribution in [0.15, 0.2) is 303 Å². The van der Waals surface area contributed by atoms with Gasteiger partial charge in [0.1, 0.15) is 11.5 Å². The Morgan fingerprint density at radius 3 is 0.375 bits per heavy atom. The first kappa shape index (κ1) is 66.8. The molecule has 0 heterocycles. The molecule has 0 aliphatic rings. The number of nitriles is 8. The van der Waals surface area contributed by atoms with Crippen LogP contribution < -0.4 is 38.9 Å². The standard InChI is InChI=1S/C88H56N14O2/c1-103-87-43-39-79(40-44-87)101(85-49-81(97(69-19-3-61(53-89)4-20-69)70-21-5-62(54-90)6-22-70)47-82(50-85)98(71-23-7-63(55-91)8-24-71)72-25-9-64(56-92)10-26-72)77-35-37-78(38-36-77)102(80-41-45-88(104-2)46-42-80)86-51-83(99(73-27-11-65(57-93)12-28-73)74-29-13-66(58-94)14-30-74)48-84(52-86)100(75-31-15-67(59-95)16-32-75)76-33-17-68(60-96)18-34-76/h3-52H,1-2H3. The van der Waals surface area contributed by atoms with Gasteiger partial charge in [-0.2, -0.15) is 42.1 Å². The quantitative estimate of drug-likeness (QED) is 0.0691. The second kappa shape index (κ2) is 30.3. The highest BCUT2D eigenvalue weighted by atomic mass is 16.5. The maximum atomic E-state index is 10.1. The lowest BCUT2D eigenvalue weighted by molar-refractivity contribution is 0.414. The molecule has 0 fully saturated rings. The van der Waals surface area contributed by atoms with Gasteiger partial charge in [-0.05, 0) is 303 Å². The van der Waals surface area contributed by atoms with Crippen LogP contribution >= 0.6 is 0 Å². The van der Waals surface area contributed by atoms with Gasteiger partial charge in [0.25, 0.3) is 0 Å². The minimum absolute atomic E-state index is 0.463. The van der Waals surface area contributed by atoms with Crippen LogP contribution in [0.5, 0.6) is 11.5 Å². The fourth-order valence-electron chi connectivity index (χ4n) is 12.3. The Labute approximate surface area is 602 Å². The molecule has 0 radical (unpaired) electrons. The predicted octanol–water partition coefficient (Wildman–Crippen LogP) is 21.5. The number of ether oxygens (including phenoxy) is 2. The van der Waals surface area contributed by atoms with E-state index in [1.165, 1.54) is 0 Å². The van der Waals surface area contributed by atoms with E-state index in [4.69, 9.17) is 9.47 Å². The molecule has 13 rings (SSSR count). The molecule has 0 aliphatic carbocycles. The van der Waals surface area contributed by atoms with Gasteiger partial charge < -0.3 is 38.9 Å². The summed E-state index contributed by atoms with van der Waals surface area (Å²) in [7, 11) is 3.23. The first-order chi connectivity index (χ1) is 51.0. The van der Waals surface area contributed by atoms with Crippen LogP contribution in [0.3, 0.4) is 0 Å². The van der Waals surface area contributed by atoms with Crippen LogP contribution in [0.4, 0.5) is 102 Å². The molecular weight excluding hydrogens is 1290 g/mol. The van der Waals surface area contributed by atoms with Crippen LogP contribution in [-0.4, -0.2) is 14.2 Å². The summed E-state index contributed by atoms with van der Waals surface area (Å²) >= 11 is 0. The van der Waals surface area contributed by atoms with Crippen molar-refractivity contribution < 1.29 is 9.47 Å². The zero-order valence-electron chi connectivity index (χ0n) is 55.9. The SMILES string of the molecule is COc1ccc(N(c2ccc(N(c3ccc(OC)cc3)c3cc(N(c4ccc(C#N)cc4)c4ccc(C#N)cc4)cc(N(c4ccc(C#N)cc4)c4ccc(C#N)cc4)c3)cc2)c2cc(N(c3ccc(C#N)cc3)c3ccc(C#N)cc3)cc(N(c3ccc(C#N)cc3)c3ccc(C#N)cc3)c2)cc1. The third-order valence-electron chi connectivity index (χ3n) is 17.4. The summed E-state index contributed by atoms with van der Waals surface area (Å²) in [5.41, 5.74) is 16.3. The molecule has 0 unspecified atom stereocenters. The molecule has 0 saturated carbocycles. The molecule has 0 aliphatic heterocycles. The highest BCUT2D eigenvalue weighted by Gasteiger charge is 2.27. The molecule has 0 N–H and O–H groups in total. The molecule has 0 bridgehead atoms. The van der Waals surface area contributed by atoms with Crippen molar-refractivity contribution in [3.63, 3.8) is 0 Å². The van der Waals surface area contributed by atoms with Crippen molar-refractivity contribution in [1.29, 1.82) is 42.1 Å². The van der Waals surface area contributed by atoms with Crippen LogP contribution in [-0.2, 0) is 0 Å². The fourth-order valence-corrected chi connectivity index (χ4v) is 12.3. The maximum Gasteiger partial charge on any atom is 0.119 e. The first-order valence-corrected chi connectivity index (χ1v) is 32.5. The summed E-state index contributed by atoms with van der Waals surface area (Å²) in [5, 5.41) is 80.4. The van der Waals surface area contributed by atoms with Gasteiger partial charge in [0.05, 0.1) is 141 Å². The van der Waals surface area contributed by atoms with Crippen molar-refractivity contribution in [3.8, 4) is 60.1 Å². The van der Waals surface area contributed by atoms with Crippen molar-refractivity contribution in [2.75, 3.05) is 43.6 Å². The number of hydrogen-bond acceptors (Lipinski definition) is 16. The Morgan fingerprint density at radius 2 is 0.269 bits per heavy atom. The number of nitrogens with zero attached hydrogens (tertiary/aromatic N) is 14. The van der Waals surface area contributed by atoms with E-state index in [9.17, 15) is 42.1 Å². The topological polar surface area (TPSA) is 228 Å². The van der Waals surface area contributed by atoms with Crippen LogP contribution in [0.2, 0.25) is 0 Å². The van der Waals surface area contributed by atoms with Crippen molar-refractivity contribution in [1.82, 2.24) is 0 Å². The monoisotopic (exact) mass is 1340 g/mol. The summed E-state index contributed by atoms with van der Waals surface area (Å²) in [4.78, 5) is 12.5. The Hall–Kier alpha value is -15.8. The number of benzene rings is 13. The zero-order chi connectivity index (χ0) is 72.1. The van der Waals surface area contributed by atoms with E-state index >= 15 is 0 Å². The summed E-state index contributed by atoms with van der Waals surface area (Å²) in [6.45, 7) is 0. The van der Waals surface area contributed by atoms with E-state index in [1.807, 2.05) is 170 Å². The molecule has 0 atom stereocenters. The number of methoxy groups -OCH3 is 2. The number of hydrogen-bond donors (Lipinski definition) is 0. The van der Waals surface area contributed by atoms with Gasteiger partial charge in [0.15, 0.2) is 0 Å². The highest BCUT2D eigenvalue weighted by Crippen LogP contribution is 2.50. The normalized spacial score (nSPS) is 10.3. The lowest BCUT2D eigenvalue weighted by Crippen LogP contribution is -2.17. The molecule has 16 nitrogen and oxygen atoms in total. The summed E-state index contributed by atoms with van der Waals surface area (Å²) in [6, 6.07) is 112. The Kier molecular flexibility index (Phi) is 19.5. The summed E-state index contributed by atoms with van der Waals surface area (Å²) < 4.78 is 11.5. The van der Waals surface area contributed by atoms with Crippen molar-refractivity contribution in [2.45, 2.75) is 0 Å². The van der Waals surface area contributed by atoms with Crippen LogP contribution in [0, 0.1) is 90.6 Å². The second-order valence-electron chi connectivity index (χ2n) is 23.6. The molecule has 0 aromatic heterocycles. The Bertz CT molecular complexity index is 4780. The summed E-state index contributed by atoms with van der Waals surface area (Å²) in [5.74, 6) is 1.26. The average molecular weight is 1340 g/mol. The second-order valence-corrected chi connectivity index (χ2v) is 23.6. The number of rotatable bonds is 20. The van der Waals surface area contributed by atoms with Gasteiger partial charge in [-0.25, -0.2) is 0 Å². The molecule has 0 spiro atoms. The maximum absolute atomic E-state index is 10.1. The molecule has 16 heteroatoms. The average Bonchev–Trinajstić information content (AvgIpc) is 0.759. The molecule has 13 aromatic carbocycles. The van der Waals surface area contributed by atoms with E-state index in [2.05, 4.69) is 114 Å². The molecule has 104 heavy (non-hydrogen) atoms. The zero-order valence-corrected chi connectivity index (χ0v) is 55.9. The molecule has 0 amide bonds. The van der Waals surface area contributed by atoms with Gasteiger partial charge >= 0.3 is 0 Å². The van der Waals surface area contributed by atoms with Gasteiger partial charge in [-0.1, -0.05) is 0 Å². The Morgan fingerprint density at radius 1 is 0.163 bits per heavy atom. The molecule has 13 aromatic rings. The van der Waals surface area contributed by atoms with E-state index in [1.54, 1.807) is 111 Å². The molecule has 490 valence electrons. The van der Waals surface area contributed by atoms with E-state index < -0.39 is 0 Å². The van der Waals surface area contributed by atoms with E-state index in [0.717, 1.165) is 22.7 Å². The van der Waals surface area contributed by atoms with Crippen LogP contribution in [0.25, 0.3) is 0 Å².